The van der Waals surface area contributed by atoms with Crippen LogP contribution in [0.2, 0.25) is 0 Å². The third kappa shape index (κ3) is 2.17. The molecule has 0 aromatic heterocycles. The van der Waals surface area contributed by atoms with Crippen LogP contribution in [0.3, 0.4) is 0 Å². The third-order valence-corrected chi connectivity index (χ3v) is 4.09. The van der Waals surface area contributed by atoms with Crippen molar-refractivity contribution in [2.45, 2.75) is 25.9 Å². The van der Waals surface area contributed by atoms with Gasteiger partial charge < -0.3 is 4.90 Å². The first kappa shape index (κ1) is 11.8. The summed E-state index contributed by atoms with van der Waals surface area (Å²) in [5.41, 5.74) is 4.21. The number of benzene rings is 2. The molecule has 1 nitrogen and oxygen atoms in total. The molecule has 1 aliphatic heterocycles. The van der Waals surface area contributed by atoms with E-state index in [9.17, 15) is 0 Å². The minimum atomic E-state index is 0.578. The van der Waals surface area contributed by atoms with Gasteiger partial charge in [0.1, 0.15) is 0 Å². The third-order valence-electron chi connectivity index (χ3n) is 3.60. The lowest BCUT2D eigenvalue weighted by Crippen LogP contribution is -2.28. The van der Waals surface area contributed by atoms with Crippen molar-refractivity contribution in [2.24, 2.45) is 0 Å². The summed E-state index contributed by atoms with van der Waals surface area (Å²) in [6.07, 6.45) is 1.15. The van der Waals surface area contributed by atoms with Crippen LogP contribution >= 0.6 is 15.9 Å². The summed E-state index contributed by atoms with van der Waals surface area (Å²) in [7, 11) is 0. The lowest BCUT2D eigenvalue weighted by molar-refractivity contribution is 0.672. The molecule has 0 radical (unpaired) electrons. The highest BCUT2D eigenvalue weighted by Gasteiger charge is 2.25. The van der Waals surface area contributed by atoms with Gasteiger partial charge in [0.05, 0.1) is 0 Å². The SMILES string of the molecule is CC1Cc2ccc(Br)cc2N1Cc1ccccc1. The lowest BCUT2D eigenvalue weighted by Gasteiger charge is -2.25. The van der Waals surface area contributed by atoms with E-state index < -0.39 is 0 Å². The average Bonchev–Trinajstić information content (AvgIpc) is 2.67. The van der Waals surface area contributed by atoms with Gasteiger partial charge in [-0.2, -0.15) is 0 Å². The zero-order chi connectivity index (χ0) is 12.5. The molecule has 0 saturated carbocycles. The Hall–Kier alpha value is -1.28. The Morgan fingerprint density at radius 1 is 1.17 bits per heavy atom. The molecule has 92 valence electrons. The number of fused-ring (bicyclic) bond motifs is 1. The Morgan fingerprint density at radius 2 is 1.94 bits per heavy atom. The lowest BCUT2D eigenvalue weighted by atomic mass is 10.1. The van der Waals surface area contributed by atoms with Gasteiger partial charge in [0.25, 0.3) is 0 Å². The molecule has 0 bridgehead atoms. The van der Waals surface area contributed by atoms with Crippen molar-refractivity contribution in [3.05, 3.63) is 64.1 Å². The van der Waals surface area contributed by atoms with Crippen LogP contribution in [0.4, 0.5) is 5.69 Å². The fourth-order valence-electron chi connectivity index (χ4n) is 2.66. The highest BCUT2D eigenvalue weighted by atomic mass is 79.9. The number of hydrogen-bond acceptors (Lipinski definition) is 1. The fourth-order valence-corrected chi connectivity index (χ4v) is 3.01. The summed E-state index contributed by atoms with van der Waals surface area (Å²) in [5.74, 6) is 0. The topological polar surface area (TPSA) is 3.24 Å². The monoisotopic (exact) mass is 301 g/mol. The molecule has 2 aromatic carbocycles. The molecule has 0 amide bonds. The van der Waals surface area contributed by atoms with Gasteiger partial charge in [-0.15, -0.1) is 0 Å². The summed E-state index contributed by atoms with van der Waals surface area (Å²) < 4.78 is 1.16. The van der Waals surface area contributed by atoms with E-state index in [2.05, 4.69) is 76.3 Å². The molecule has 0 aliphatic carbocycles. The first-order valence-corrected chi connectivity index (χ1v) is 7.12. The second kappa shape index (κ2) is 4.77. The second-order valence-corrected chi connectivity index (χ2v) is 5.86. The first-order valence-electron chi connectivity index (χ1n) is 6.33. The van der Waals surface area contributed by atoms with Gasteiger partial charge in [-0.1, -0.05) is 52.3 Å². The van der Waals surface area contributed by atoms with Crippen molar-refractivity contribution in [1.29, 1.82) is 0 Å². The molecule has 3 rings (SSSR count). The van der Waals surface area contributed by atoms with Crippen molar-refractivity contribution >= 4 is 21.6 Å². The van der Waals surface area contributed by atoms with Gasteiger partial charge in [0, 0.05) is 22.7 Å². The molecule has 18 heavy (non-hydrogen) atoms. The van der Waals surface area contributed by atoms with Crippen molar-refractivity contribution in [2.75, 3.05) is 4.90 Å². The highest BCUT2D eigenvalue weighted by Crippen LogP contribution is 2.35. The number of rotatable bonds is 2. The number of hydrogen-bond donors (Lipinski definition) is 0. The average molecular weight is 302 g/mol. The van der Waals surface area contributed by atoms with E-state index in [0.29, 0.717) is 6.04 Å². The largest absolute Gasteiger partial charge is 0.364 e. The molecule has 2 heteroatoms. The maximum Gasteiger partial charge on any atom is 0.0432 e. The minimum absolute atomic E-state index is 0.578. The summed E-state index contributed by atoms with van der Waals surface area (Å²) in [5, 5.41) is 0. The van der Waals surface area contributed by atoms with Gasteiger partial charge >= 0.3 is 0 Å². The van der Waals surface area contributed by atoms with Crippen LogP contribution in [-0.4, -0.2) is 6.04 Å². The standard InChI is InChI=1S/C16H16BrN/c1-12-9-14-7-8-15(17)10-16(14)18(12)11-13-5-3-2-4-6-13/h2-8,10,12H,9,11H2,1H3. The van der Waals surface area contributed by atoms with E-state index in [1.54, 1.807) is 0 Å². The van der Waals surface area contributed by atoms with Gasteiger partial charge in [-0.3, -0.25) is 0 Å². The maximum atomic E-state index is 3.57. The zero-order valence-electron chi connectivity index (χ0n) is 10.4. The number of anilines is 1. The van der Waals surface area contributed by atoms with Crippen LogP contribution in [0.15, 0.2) is 53.0 Å². The molecule has 0 fully saturated rings. The van der Waals surface area contributed by atoms with E-state index in [-0.39, 0.29) is 0 Å². The Morgan fingerprint density at radius 3 is 2.72 bits per heavy atom. The molecule has 2 aromatic rings. The molecule has 0 spiro atoms. The normalized spacial score (nSPS) is 17.9. The Labute approximate surface area is 117 Å². The second-order valence-electron chi connectivity index (χ2n) is 4.94. The van der Waals surface area contributed by atoms with Gasteiger partial charge in [-0.25, -0.2) is 0 Å². The van der Waals surface area contributed by atoms with Crippen molar-refractivity contribution in [1.82, 2.24) is 0 Å². The van der Waals surface area contributed by atoms with Crippen molar-refractivity contribution < 1.29 is 0 Å². The Balaban J connectivity index is 1.92. The summed E-state index contributed by atoms with van der Waals surface area (Å²) in [6.45, 7) is 3.29. The van der Waals surface area contributed by atoms with Gasteiger partial charge in [0.2, 0.25) is 0 Å². The number of nitrogens with zero attached hydrogens (tertiary/aromatic N) is 1. The minimum Gasteiger partial charge on any atom is -0.364 e. The van der Waals surface area contributed by atoms with Crippen molar-refractivity contribution in [3.63, 3.8) is 0 Å². The fraction of sp³-hybridized carbons (Fsp3) is 0.250. The quantitative estimate of drug-likeness (QED) is 0.794. The molecule has 1 heterocycles. The Kier molecular flexibility index (Phi) is 3.13. The van der Waals surface area contributed by atoms with Crippen molar-refractivity contribution in [3.8, 4) is 0 Å². The first-order chi connectivity index (χ1) is 8.74. The van der Waals surface area contributed by atoms with E-state index in [1.165, 1.54) is 16.8 Å². The predicted octanol–water partition coefficient (Wildman–Crippen LogP) is 4.40. The van der Waals surface area contributed by atoms with E-state index >= 15 is 0 Å². The van der Waals surface area contributed by atoms with E-state index in [0.717, 1.165) is 17.4 Å². The molecule has 0 N–H and O–H groups in total. The van der Waals surface area contributed by atoms with Gasteiger partial charge in [0.15, 0.2) is 0 Å². The summed E-state index contributed by atoms with van der Waals surface area (Å²) in [6, 6.07) is 17.9. The summed E-state index contributed by atoms with van der Waals surface area (Å²) in [4.78, 5) is 2.50. The molecular weight excluding hydrogens is 286 g/mol. The van der Waals surface area contributed by atoms with Crippen LogP contribution < -0.4 is 4.90 Å². The maximum absolute atomic E-state index is 3.57. The zero-order valence-corrected chi connectivity index (χ0v) is 12.0. The molecule has 0 saturated heterocycles. The van der Waals surface area contributed by atoms with Crippen LogP contribution in [-0.2, 0) is 13.0 Å². The molecular formula is C16H16BrN. The van der Waals surface area contributed by atoms with Crippen LogP contribution in [0, 0.1) is 0 Å². The highest BCUT2D eigenvalue weighted by molar-refractivity contribution is 9.10. The molecule has 1 unspecified atom stereocenters. The Bertz CT molecular complexity index is 550. The van der Waals surface area contributed by atoms with E-state index in [4.69, 9.17) is 0 Å². The van der Waals surface area contributed by atoms with E-state index in [1.807, 2.05) is 0 Å². The van der Waals surface area contributed by atoms with Crippen LogP contribution in [0.25, 0.3) is 0 Å². The number of halogens is 1. The molecule has 1 aliphatic rings. The van der Waals surface area contributed by atoms with Gasteiger partial charge in [-0.05, 0) is 36.6 Å². The van der Waals surface area contributed by atoms with Crippen LogP contribution in [0.5, 0.6) is 0 Å². The smallest absolute Gasteiger partial charge is 0.0432 e. The predicted molar refractivity (Wildman–Crippen MR) is 79.9 cm³/mol. The molecule has 1 atom stereocenters. The van der Waals surface area contributed by atoms with Crippen LogP contribution in [0.1, 0.15) is 18.1 Å². The summed E-state index contributed by atoms with van der Waals surface area (Å²) >= 11 is 3.57.